The molecule has 18 heavy (non-hydrogen) atoms. The lowest BCUT2D eigenvalue weighted by atomic mass is 10.00. The van der Waals surface area contributed by atoms with E-state index in [2.05, 4.69) is 15.5 Å². The number of nitrogens with one attached hydrogen (secondary N) is 1. The third-order valence-corrected chi connectivity index (χ3v) is 2.66. The summed E-state index contributed by atoms with van der Waals surface area (Å²) in [4.78, 5) is 23.3. The van der Waals surface area contributed by atoms with Crippen LogP contribution in [0.15, 0.2) is 6.20 Å². The van der Waals surface area contributed by atoms with Crippen molar-refractivity contribution in [1.29, 1.82) is 0 Å². The Bertz CT molecular complexity index is 439. The minimum atomic E-state index is -1.03. The van der Waals surface area contributed by atoms with Gasteiger partial charge in [0.15, 0.2) is 12.4 Å². The Morgan fingerprint density at radius 3 is 2.89 bits per heavy atom. The first-order chi connectivity index (χ1) is 8.65. The maximum Gasteiger partial charge on any atom is 0.327 e. The van der Waals surface area contributed by atoms with E-state index >= 15 is 0 Å². The van der Waals surface area contributed by atoms with Crippen LogP contribution in [-0.4, -0.2) is 45.2 Å². The molecule has 2 N–H and O–H groups in total. The van der Waals surface area contributed by atoms with Crippen LogP contribution in [0.5, 0.6) is 0 Å². The summed E-state index contributed by atoms with van der Waals surface area (Å²) >= 11 is 0. The van der Waals surface area contributed by atoms with Crippen molar-refractivity contribution in [2.45, 2.75) is 19.4 Å². The number of amides is 1. The van der Waals surface area contributed by atoms with Crippen molar-refractivity contribution in [3.05, 3.63) is 6.20 Å². The molecule has 1 fully saturated rings. The largest absolute Gasteiger partial charge is 0.480 e. The number of nitrogens with zero attached hydrogens (tertiary/aromatic N) is 3. The predicted octanol–water partition coefficient (Wildman–Crippen LogP) is -0.272. The zero-order valence-electron chi connectivity index (χ0n) is 9.70. The topological polar surface area (TPSA) is 106 Å². The molecule has 0 atom stereocenters. The number of rotatable bonds is 4. The number of anilines is 1. The van der Waals surface area contributed by atoms with E-state index in [0.29, 0.717) is 26.1 Å². The molecule has 1 aliphatic rings. The van der Waals surface area contributed by atoms with E-state index in [0.717, 1.165) is 4.80 Å². The molecule has 0 aromatic carbocycles. The summed E-state index contributed by atoms with van der Waals surface area (Å²) in [5.41, 5.74) is 0. The van der Waals surface area contributed by atoms with Gasteiger partial charge in [-0.3, -0.25) is 9.59 Å². The van der Waals surface area contributed by atoms with E-state index in [9.17, 15) is 9.59 Å². The molecule has 1 aliphatic heterocycles. The average Bonchev–Trinajstić information content (AvgIpc) is 2.76. The Hall–Kier alpha value is -1.96. The first kappa shape index (κ1) is 12.5. The number of aliphatic carboxylic acids is 1. The van der Waals surface area contributed by atoms with E-state index in [4.69, 9.17) is 9.84 Å². The summed E-state index contributed by atoms with van der Waals surface area (Å²) in [5, 5.41) is 18.8. The van der Waals surface area contributed by atoms with Gasteiger partial charge in [-0.05, 0) is 12.8 Å². The van der Waals surface area contributed by atoms with E-state index < -0.39 is 5.97 Å². The monoisotopic (exact) mass is 254 g/mol. The Morgan fingerprint density at radius 1 is 1.50 bits per heavy atom. The summed E-state index contributed by atoms with van der Waals surface area (Å²) < 4.78 is 5.17. The molecule has 2 heterocycles. The highest BCUT2D eigenvalue weighted by molar-refractivity contribution is 5.91. The van der Waals surface area contributed by atoms with Gasteiger partial charge >= 0.3 is 5.97 Å². The molecule has 0 radical (unpaired) electrons. The first-order valence-electron chi connectivity index (χ1n) is 5.65. The second-order valence-electron chi connectivity index (χ2n) is 4.03. The Morgan fingerprint density at radius 2 is 2.22 bits per heavy atom. The molecule has 0 aliphatic carbocycles. The van der Waals surface area contributed by atoms with Crippen LogP contribution in [0.1, 0.15) is 12.8 Å². The van der Waals surface area contributed by atoms with Gasteiger partial charge in [0.1, 0.15) is 0 Å². The van der Waals surface area contributed by atoms with Gasteiger partial charge < -0.3 is 15.2 Å². The number of carbonyl (C=O) groups excluding carboxylic acids is 1. The molecule has 1 aromatic rings. The Kier molecular flexibility index (Phi) is 3.88. The molecule has 8 heteroatoms. The van der Waals surface area contributed by atoms with Gasteiger partial charge in [-0.1, -0.05) is 0 Å². The van der Waals surface area contributed by atoms with Gasteiger partial charge in [-0.2, -0.15) is 9.90 Å². The molecular weight excluding hydrogens is 240 g/mol. The zero-order valence-corrected chi connectivity index (χ0v) is 9.70. The van der Waals surface area contributed by atoms with Crippen molar-refractivity contribution in [3.63, 3.8) is 0 Å². The van der Waals surface area contributed by atoms with Crippen LogP contribution in [0.4, 0.5) is 5.82 Å². The van der Waals surface area contributed by atoms with Gasteiger partial charge in [0.05, 0.1) is 6.20 Å². The van der Waals surface area contributed by atoms with Gasteiger partial charge in [0.2, 0.25) is 5.91 Å². The summed E-state index contributed by atoms with van der Waals surface area (Å²) in [7, 11) is 0. The average molecular weight is 254 g/mol. The molecule has 1 aromatic heterocycles. The standard InChI is InChI=1S/C10H14N4O4/c15-9(16)6-14-11-5-8(13-14)12-10(17)7-1-3-18-4-2-7/h5,7H,1-4,6H2,(H,15,16)(H,12,13,17). The maximum atomic E-state index is 11.8. The number of carboxylic acid groups (broad SMARTS) is 1. The fraction of sp³-hybridized carbons (Fsp3) is 0.600. The molecule has 0 spiro atoms. The second-order valence-corrected chi connectivity index (χ2v) is 4.03. The van der Waals surface area contributed by atoms with E-state index in [-0.39, 0.29) is 24.2 Å². The molecular formula is C10H14N4O4. The summed E-state index contributed by atoms with van der Waals surface area (Å²) in [6, 6.07) is 0. The highest BCUT2D eigenvalue weighted by Crippen LogP contribution is 2.16. The Labute approximate surface area is 103 Å². The first-order valence-corrected chi connectivity index (χ1v) is 5.65. The molecule has 2 rings (SSSR count). The molecule has 1 saturated heterocycles. The number of carbonyl (C=O) groups is 2. The minimum Gasteiger partial charge on any atom is -0.480 e. The summed E-state index contributed by atoms with van der Waals surface area (Å²) in [5.74, 6) is -0.968. The van der Waals surface area contributed by atoms with Crippen LogP contribution >= 0.6 is 0 Å². The van der Waals surface area contributed by atoms with Gasteiger partial charge in [0.25, 0.3) is 0 Å². The fourth-order valence-corrected chi connectivity index (χ4v) is 1.74. The van der Waals surface area contributed by atoms with Crippen molar-refractivity contribution < 1.29 is 19.4 Å². The minimum absolute atomic E-state index is 0.0802. The van der Waals surface area contributed by atoms with Crippen LogP contribution in [0.25, 0.3) is 0 Å². The van der Waals surface area contributed by atoms with Crippen LogP contribution < -0.4 is 5.32 Å². The number of hydrogen-bond acceptors (Lipinski definition) is 5. The smallest absolute Gasteiger partial charge is 0.327 e. The van der Waals surface area contributed by atoms with E-state index in [1.807, 2.05) is 0 Å². The molecule has 98 valence electrons. The van der Waals surface area contributed by atoms with Crippen molar-refractivity contribution in [3.8, 4) is 0 Å². The molecule has 0 saturated carbocycles. The molecule has 8 nitrogen and oxygen atoms in total. The third-order valence-electron chi connectivity index (χ3n) is 2.66. The van der Waals surface area contributed by atoms with Crippen molar-refractivity contribution >= 4 is 17.7 Å². The molecule has 1 amide bonds. The SMILES string of the molecule is O=C(O)Cn1ncc(NC(=O)C2CCOCC2)n1. The van der Waals surface area contributed by atoms with Crippen molar-refractivity contribution in [2.75, 3.05) is 18.5 Å². The van der Waals surface area contributed by atoms with Crippen LogP contribution in [-0.2, 0) is 20.9 Å². The summed E-state index contributed by atoms with van der Waals surface area (Å²) in [6.45, 7) is 0.848. The highest BCUT2D eigenvalue weighted by Gasteiger charge is 2.22. The number of hydrogen-bond donors (Lipinski definition) is 2. The third kappa shape index (κ3) is 3.27. The Balaban J connectivity index is 1.90. The number of aromatic nitrogens is 3. The second kappa shape index (κ2) is 5.58. The van der Waals surface area contributed by atoms with Gasteiger partial charge in [-0.15, -0.1) is 5.10 Å². The zero-order chi connectivity index (χ0) is 13.0. The van der Waals surface area contributed by atoms with Gasteiger partial charge in [0, 0.05) is 19.1 Å². The van der Waals surface area contributed by atoms with Gasteiger partial charge in [-0.25, -0.2) is 0 Å². The lowest BCUT2D eigenvalue weighted by Gasteiger charge is -2.20. The van der Waals surface area contributed by atoms with Crippen LogP contribution in [0.3, 0.4) is 0 Å². The summed E-state index contributed by atoms with van der Waals surface area (Å²) in [6.07, 6.45) is 2.71. The molecule has 0 unspecified atom stereocenters. The number of carboxylic acids is 1. The predicted molar refractivity (Wildman–Crippen MR) is 59.8 cm³/mol. The molecule has 0 bridgehead atoms. The lowest BCUT2D eigenvalue weighted by Crippen LogP contribution is -2.28. The highest BCUT2D eigenvalue weighted by atomic mass is 16.5. The van der Waals surface area contributed by atoms with Crippen LogP contribution in [0.2, 0.25) is 0 Å². The van der Waals surface area contributed by atoms with Crippen molar-refractivity contribution in [1.82, 2.24) is 15.0 Å². The number of ether oxygens (including phenoxy) is 1. The maximum absolute atomic E-state index is 11.8. The van der Waals surface area contributed by atoms with E-state index in [1.54, 1.807) is 0 Å². The lowest BCUT2D eigenvalue weighted by molar-refractivity contribution is -0.138. The van der Waals surface area contributed by atoms with Crippen molar-refractivity contribution in [2.24, 2.45) is 5.92 Å². The fourth-order valence-electron chi connectivity index (χ4n) is 1.74. The quantitative estimate of drug-likeness (QED) is 0.765. The normalized spacial score (nSPS) is 16.4. The van der Waals surface area contributed by atoms with E-state index in [1.165, 1.54) is 6.20 Å². The van der Waals surface area contributed by atoms with Crippen LogP contribution in [0, 0.1) is 5.92 Å².